The highest BCUT2D eigenvalue weighted by Crippen LogP contribution is 2.09. The number of rotatable bonds is 9. The van der Waals surface area contributed by atoms with E-state index in [2.05, 4.69) is 5.32 Å². The summed E-state index contributed by atoms with van der Waals surface area (Å²) in [5.74, 6) is -1.80. The third-order valence-corrected chi connectivity index (χ3v) is 5.35. The van der Waals surface area contributed by atoms with Crippen LogP contribution in [0.25, 0.3) is 0 Å². The summed E-state index contributed by atoms with van der Waals surface area (Å²) in [6.45, 7) is 3.98. The van der Waals surface area contributed by atoms with E-state index < -0.39 is 24.0 Å². The molecule has 9 nitrogen and oxygen atoms in total. The van der Waals surface area contributed by atoms with Crippen LogP contribution in [0.3, 0.4) is 0 Å². The third-order valence-electron chi connectivity index (χ3n) is 4.41. The number of aliphatic hydroxyl groups is 2. The van der Waals surface area contributed by atoms with Crippen molar-refractivity contribution in [3.8, 4) is 0 Å². The SMILES string of the molecule is CCOC(=O)CN1CCN(C(=O)C(O)C(O)C(=O)NCCc2cccs2)CC1. The van der Waals surface area contributed by atoms with E-state index in [-0.39, 0.29) is 12.5 Å². The van der Waals surface area contributed by atoms with Crippen molar-refractivity contribution in [3.05, 3.63) is 22.4 Å². The van der Waals surface area contributed by atoms with Crippen molar-refractivity contribution in [2.24, 2.45) is 0 Å². The van der Waals surface area contributed by atoms with Crippen LogP contribution in [-0.2, 0) is 25.5 Å². The minimum Gasteiger partial charge on any atom is -0.465 e. The Labute approximate surface area is 167 Å². The van der Waals surface area contributed by atoms with Crippen LogP contribution in [0.2, 0.25) is 0 Å². The van der Waals surface area contributed by atoms with Crippen LogP contribution in [-0.4, -0.2) is 95.9 Å². The maximum atomic E-state index is 12.4. The molecule has 3 N–H and O–H groups in total. The first kappa shape index (κ1) is 22.3. The van der Waals surface area contributed by atoms with Gasteiger partial charge in [0.15, 0.2) is 12.2 Å². The first-order chi connectivity index (χ1) is 13.4. The highest BCUT2D eigenvalue weighted by atomic mass is 32.1. The maximum absolute atomic E-state index is 12.4. The molecule has 10 heteroatoms. The van der Waals surface area contributed by atoms with E-state index in [1.165, 1.54) is 4.90 Å². The number of hydrogen-bond acceptors (Lipinski definition) is 8. The van der Waals surface area contributed by atoms with E-state index in [1.807, 2.05) is 22.4 Å². The van der Waals surface area contributed by atoms with Crippen molar-refractivity contribution in [3.63, 3.8) is 0 Å². The number of nitrogens with one attached hydrogen (secondary N) is 1. The zero-order chi connectivity index (χ0) is 20.5. The van der Waals surface area contributed by atoms with Crippen LogP contribution in [0.1, 0.15) is 11.8 Å². The number of aliphatic hydroxyl groups excluding tert-OH is 2. The fraction of sp³-hybridized carbons (Fsp3) is 0.611. The molecule has 0 aromatic carbocycles. The topological polar surface area (TPSA) is 119 Å². The molecule has 28 heavy (non-hydrogen) atoms. The summed E-state index contributed by atoms with van der Waals surface area (Å²) in [5, 5.41) is 24.5. The molecule has 2 amide bonds. The molecule has 2 atom stereocenters. The minimum absolute atomic E-state index is 0.147. The van der Waals surface area contributed by atoms with Crippen LogP contribution in [0.15, 0.2) is 17.5 Å². The fourth-order valence-electron chi connectivity index (χ4n) is 2.85. The van der Waals surface area contributed by atoms with Crippen molar-refractivity contribution in [2.75, 3.05) is 45.9 Å². The van der Waals surface area contributed by atoms with Gasteiger partial charge in [0.2, 0.25) is 0 Å². The summed E-state index contributed by atoms with van der Waals surface area (Å²) in [4.78, 5) is 40.2. The Morgan fingerprint density at radius 2 is 1.93 bits per heavy atom. The number of carbonyl (C=O) groups is 3. The quantitative estimate of drug-likeness (QED) is 0.437. The summed E-state index contributed by atoms with van der Waals surface area (Å²) in [6.07, 6.45) is -3.03. The average Bonchev–Trinajstić information content (AvgIpc) is 3.20. The number of carbonyl (C=O) groups excluding carboxylic acids is 3. The Hall–Kier alpha value is -2.01. The van der Waals surface area contributed by atoms with Crippen molar-refractivity contribution < 1.29 is 29.3 Å². The maximum Gasteiger partial charge on any atom is 0.320 e. The van der Waals surface area contributed by atoms with Gasteiger partial charge in [-0.3, -0.25) is 19.3 Å². The zero-order valence-electron chi connectivity index (χ0n) is 15.9. The lowest BCUT2D eigenvalue weighted by Crippen LogP contribution is -2.56. The largest absolute Gasteiger partial charge is 0.465 e. The molecule has 0 bridgehead atoms. The van der Waals surface area contributed by atoms with Crippen molar-refractivity contribution >= 4 is 29.1 Å². The molecule has 1 fully saturated rings. The van der Waals surface area contributed by atoms with E-state index in [0.717, 1.165) is 4.88 Å². The minimum atomic E-state index is -1.83. The number of amides is 2. The number of nitrogens with zero attached hydrogens (tertiary/aromatic N) is 2. The molecule has 2 rings (SSSR count). The molecule has 2 unspecified atom stereocenters. The van der Waals surface area contributed by atoms with Gasteiger partial charge in [0.1, 0.15) is 0 Å². The molecule has 0 radical (unpaired) electrons. The van der Waals surface area contributed by atoms with Gasteiger partial charge in [0, 0.05) is 37.6 Å². The second-order valence-corrected chi connectivity index (χ2v) is 7.45. The highest BCUT2D eigenvalue weighted by Gasteiger charge is 2.34. The average molecular weight is 413 g/mol. The number of ether oxygens (including phenoxy) is 1. The van der Waals surface area contributed by atoms with Gasteiger partial charge in [-0.05, 0) is 24.8 Å². The van der Waals surface area contributed by atoms with Gasteiger partial charge in [-0.2, -0.15) is 0 Å². The molecule has 0 saturated carbocycles. The molecule has 1 aliphatic heterocycles. The Morgan fingerprint density at radius 1 is 1.21 bits per heavy atom. The number of thiophene rings is 1. The lowest BCUT2D eigenvalue weighted by atomic mass is 10.1. The van der Waals surface area contributed by atoms with E-state index >= 15 is 0 Å². The van der Waals surface area contributed by atoms with Gasteiger partial charge in [0.25, 0.3) is 11.8 Å². The van der Waals surface area contributed by atoms with Crippen LogP contribution in [0.4, 0.5) is 0 Å². The van der Waals surface area contributed by atoms with Crippen LogP contribution in [0.5, 0.6) is 0 Å². The van der Waals surface area contributed by atoms with Crippen LogP contribution >= 0.6 is 11.3 Å². The molecule has 1 aromatic rings. The second kappa shape index (κ2) is 11.1. The van der Waals surface area contributed by atoms with Crippen molar-refractivity contribution in [1.29, 1.82) is 0 Å². The first-order valence-electron chi connectivity index (χ1n) is 9.25. The molecular formula is C18H27N3O6S. The van der Waals surface area contributed by atoms with Crippen LogP contribution < -0.4 is 5.32 Å². The van der Waals surface area contributed by atoms with Crippen molar-refractivity contribution in [1.82, 2.24) is 15.1 Å². The highest BCUT2D eigenvalue weighted by molar-refractivity contribution is 7.09. The van der Waals surface area contributed by atoms with Gasteiger partial charge in [0.05, 0.1) is 13.2 Å². The van der Waals surface area contributed by atoms with Gasteiger partial charge in [-0.15, -0.1) is 11.3 Å². The Balaban J connectivity index is 1.73. The smallest absolute Gasteiger partial charge is 0.320 e. The number of esters is 1. The summed E-state index contributed by atoms with van der Waals surface area (Å²) in [5.41, 5.74) is 0. The third kappa shape index (κ3) is 6.55. The second-order valence-electron chi connectivity index (χ2n) is 6.42. The standard InChI is InChI=1S/C18H27N3O6S/c1-2-27-14(22)12-20-7-9-21(10-8-20)18(26)16(24)15(23)17(25)19-6-5-13-4-3-11-28-13/h3-4,11,15-16,23-24H,2,5-10,12H2,1H3,(H,19,25). The normalized spacial score (nSPS) is 17.0. The molecular weight excluding hydrogens is 386 g/mol. The van der Waals surface area contributed by atoms with Gasteiger partial charge in [-0.1, -0.05) is 6.07 Å². The Kier molecular flexibility index (Phi) is 8.84. The van der Waals surface area contributed by atoms with E-state index in [4.69, 9.17) is 4.74 Å². The monoisotopic (exact) mass is 413 g/mol. The molecule has 1 saturated heterocycles. The predicted octanol–water partition coefficient (Wildman–Crippen LogP) is -1.16. The molecule has 1 aromatic heterocycles. The molecule has 1 aliphatic rings. The van der Waals surface area contributed by atoms with E-state index in [1.54, 1.807) is 18.3 Å². The lowest BCUT2D eigenvalue weighted by Gasteiger charge is -2.35. The molecule has 2 heterocycles. The Bertz CT molecular complexity index is 646. The van der Waals surface area contributed by atoms with Gasteiger partial charge < -0.3 is 25.2 Å². The lowest BCUT2D eigenvalue weighted by molar-refractivity contribution is -0.155. The molecule has 0 aliphatic carbocycles. The molecule has 0 spiro atoms. The fourth-order valence-corrected chi connectivity index (χ4v) is 3.56. The first-order valence-corrected chi connectivity index (χ1v) is 10.1. The van der Waals surface area contributed by atoms with E-state index in [0.29, 0.717) is 45.8 Å². The summed E-state index contributed by atoms with van der Waals surface area (Å²) < 4.78 is 4.89. The van der Waals surface area contributed by atoms with Gasteiger partial charge >= 0.3 is 5.97 Å². The summed E-state index contributed by atoms with van der Waals surface area (Å²) in [7, 11) is 0. The predicted molar refractivity (Wildman–Crippen MR) is 103 cm³/mol. The van der Waals surface area contributed by atoms with Gasteiger partial charge in [-0.25, -0.2) is 0 Å². The number of piperazine rings is 1. The summed E-state index contributed by atoms with van der Waals surface area (Å²) >= 11 is 1.56. The van der Waals surface area contributed by atoms with Crippen LogP contribution in [0, 0.1) is 0 Å². The zero-order valence-corrected chi connectivity index (χ0v) is 16.7. The molecule has 156 valence electrons. The summed E-state index contributed by atoms with van der Waals surface area (Å²) in [6, 6.07) is 3.85. The van der Waals surface area contributed by atoms with E-state index in [9.17, 15) is 24.6 Å². The van der Waals surface area contributed by atoms with Crippen molar-refractivity contribution in [2.45, 2.75) is 25.6 Å². The number of hydrogen-bond donors (Lipinski definition) is 3. The Morgan fingerprint density at radius 3 is 2.54 bits per heavy atom.